The van der Waals surface area contributed by atoms with Gasteiger partial charge in [0.05, 0.1) is 0 Å². The van der Waals surface area contributed by atoms with Crippen LogP contribution in [0.3, 0.4) is 0 Å². The van der Waals surface area contributed by atoms with Crippen molar-refractivity contribution >= 4 is 11.7 Å². The Bertz CT molecular complexity index is 599. The highest BCUT2D eigenvalue weighted by Crippen LogP contribution is 2.07. The lowest BCUT2D eigenvalue weighted by Crippen LogP contribution is -2.76. The van der Waals surface area contributed by atoms with Gasteiger partial charge in [-0.25, -0.2) is 9.79 Å². The van der Waals surface area contributed by atoms with E-state index in [9.17, 15) is 4.79 Å². The van der Waals surface area contributed by atoms with Crippen molar-refractivity contribution < 1.29 is 14.5 Å². The van der Waals surface area contributed by atoms with Crippen LogP contribution in [-0.4, -0.2) is 23.8 Å². The quantitative estimate of drug-likeness (QED) is 0.692. The van der Waals surface area contributed by atoms with E-state index in [-0.39, 0.29) is 12.5 Å². The van der Waals surface area contributed by atoms with Crippen molar-refractivity contribution in [1.82, 2.24) is 0 Å². The van der Waals surface area contributed by atoms with Gasteiger partial charge in [0.1, 0.15) is 5.60 Å². The maximum Gasteiger partial charge on any atom is 0.372 e. The van der Waals surface area contributed by atoms with Crippen LogP contribution in [0.2, 0.25) is 0 Å². The summed E-state index contributed by atoms with van der Waals surface area (Å²) in [4.78, 5) is 15.1. The van der Waals surface area contributed by atoms with E-state index in [0.29, 0.717) is 0 Å². The maximum absolute atomic E-state index is 11.9. The predicted octanol–water partition coefficient (Wildman–Crippen LogP) is 1.95. The summed E-state index contributed by atoms with van der Waals surface area (Å²) in [5.41, 5.74) is 2.53. The molecule has 0 amide bonds. The number of benzene rings is 2. The Hall–Kier alpha value is -2.42. The van der Waals surface area contributed by atoms with Crippen LogP contribution in [0.25, 0.3) is 0 Å². The van der Waals surface area contributed by atoms with Gasteiger partial charge in [-0.2, -0.15) is 0 Å². The Morgan fingerprint density at radius 2 is 1.36 bits per heavy atom. The van der Waals surface area contributed by atoms with Crippen molar-refractivity contribution in [2.24, 2.45) is 0 Å². The van der Waals surface area contributed by atoms with Crippen LogP contribution in [0.15, 0.2) is 60.7 Å². The zero-order valence-corrected chi connectivity index (χ0v) is 13.3. The van der Waals surface area contributed by atoms with Gasteiger partial charge in [-0.05, 0) is 45.0 Å². The van der Waals surface area contributed by atoms with Crippen molar-refractivity contribution in [3.63, 3.8) is 0 Å². The first-order valence-electron chi connectivity index (χ1n) is 7.39. The second-order valence-corrected chi connectivity index (χ2v) is 6.05. The fourth-order valence-electron chi connectivity index (χ4n) is 2.12. The summed E-state index contributed by atoms with van der Waals surface area (Å²) >= 11 is 0. The monoisotopic (exact) mass is 296 g/mol. The van der Waals surface area contributed by atoms with E-state index in [0.717, 1.165) is 16.8 Å². The number of nitrogens with one attached hydrogen (secondary N) is 1. The summed E-state index contributed by atoms with van der Waals surface area (Å²) in [6, 6.07) is 19.9. The Balaban J connectivity index is 2.26. The molecule has 1 N–H and O–H groups in total. The molecule has 0 saturated heterocycles. The van der Waals surface area contributed by atoms with E-state index >= 15 is 0 Å². The van der Waals surface area contributed by atoms with Gasteiger partial charge < -0.3 is 4.74 Å². The van der Waals surface area contributed by atoms with Gasteiger partial charge in [0.25, 0.3) is 0 Å². The Labute approximate surface area is 131 Å². The number of ether oxygens (including phenoxy) is 1. The topological polar surface area (TPSA) is 40.3 Å². The molecule has 114 valence electrons. The molecule has 22 heavy (non-hydrogen) atoms. The van der Waals surface area contributed by atoms with Gasteiger partial charge in [0, 0.05) is 11.1 Å². The van der Waals surface area contributed by atoms with E-state index in [1.165, 1.54) is 0 Å². The summed E-state index contributed by atoms with van der Waals surface area (Å²) in [5, 5.41) is 0. The number of hydrogen-bond acceptors (Lipinski definition) is 2. The molecule has 2 rings (SSSR count). The largest absolute Gasteiger partial charge is 0.455 e. The predicted molar refractivity (Wildman–Crippen MR) is 87.8 cm³/mol. The maximum atomic E-state index is 11.9. The molecule has 0 spiro atoms. The number of hydrogen-bond donors (Lipinski definition) is 1. The fourth-order valence-corrected chi connectivity index (χ4v) is 2.12. The molecule has 0 saturated carbocycles. The Kier molecular flexibility index (Phi) is 5.10. The molecule has 0 unspecified atom stereocenters. The van der Waals surface area contributed by atoms with E-state index in [2.05, 4.69) is 4.99 Å². The molecule has 0 aromatic heterocycles. The van der Waals surface area contributed by atoms with Gasteiger partial charge in [0.15, 0.2) is 0 Å². The van der Waals surface area contributed by atoms with Crippen LogP contribution in [0.5, 0.6) is 0 Å². The molecule has 0 fully saturated rings. The van der Waals surface area contributed by atoms with Crippen LogP contribution >= 0.6 is 0 Å². The van der Waals surface area contributed by atoms with Crippen molar-refractivity contribution in [3.8, 4) is 0 Å². The molecule has 0 heterocycles. The van der Waals surface area contributed by atoms with Crippen LogP contribution in [0, 0.1) is 0 Å². The van der Waals surface area contributed by atoms with Crippen LogP contribution in [-0.2, 0) is 9.53 Å². The highest BCUT2D eigenvalue weighted by atomic mass is 16.6. The minimum Gasteiger partial charge on any atom is -0.455 e. The lowest BCUT2D eigenvalue weighted by molar-refractivity contribution is -0.446. The molecule has 3 nitrogen and oxygen atoms in total. The second-order valence-electron chi connectivity index (χ2n) is 6.05. The molecular weight excluding hydrogens is 274 g/mol. The Morgan fingerprint density at radius 1 is 0.909 bits per heavy atom. The molecule has 2 aromatic carbocycles. The highest BCUT2D eigenvalue weighted by Gasteiger charge is 2.19. The van der Waals surface area contributed by atoms with Crippen molar-refractivity contribution in [3.05, 3.63) is 71.8 Å². The number of esters is 1. The third-order valence-corrected chi connectivity index (χ3v) is 2.95. The summed E-state index contributed by atoms with van der Waals surface area (Å²) in [6.07, 6.45) is 0. The third kappa shape index (κ3) is 4.85. The molecule has 0 aliphatic rings. The van der Waals surface area contributed by atoms with Gasteiger partial charge in [0.2, 0.25) is 12.3 Å². The third-order valence-electron chi connectivity index (χ3n) is 2.95. The summed E-state index contributed by atoms with van der Waals surface area (Å²) < 4.78 is 5.35. The minimum atomic E-state index is -0.474. The molecule has 0 atom stereocenters. The fraction of sp³-hybridized carbons (Fsp3) is 0.263. The molecule has 0 bridgehead atoms. The summed E-state index contributed by atoms with van der Waals surface area (Å²) in [6.45, 7) is 5.73. The van der Waals surface area contributed by atoms with Crippen molar-refractivity contribution in [2.45, 2.75) is 26.4 Å². The first-order chi connectivity index (χ1) is 10.5. The number of carbonyl (C=O) groups excluding carboxylic acids is 1. The number of rotatable bonds is 4. The zero-order valence-electron chi connectivity index (χ0n) is 13.3. The molecule has 0 radical (unpaired) electrons. The normalized spacial score (nSPS) is 10.9. The van der Waals surface area contributed by atoms with Crippen LogP contribution < -0.4 is 4.99 Å². The minimum absolute atomic E-state index is 0.135. The smallest absolute Gasteiger partial charge is 0.372 e. The molecular formula is C19H22NO2+. The number of carbonyl (C=O) groups is 1. The molecule has 0 aliphatic carbocycles. The summed E-state index contributed by atoms with van der Waals surface area (Å²) in [5.74, 6) is -0.267. The van der Waals surface area contributed by atoms with Gasteiger partial charge >= 0.3 is 5.97 Å². The molecule has 3 heteroatoms. The van der Waals surface area contributed by atoms with Gasteiger partial charge in [-0.15, -0.1) is 0 Å². The summed E-state index contributed by atoms with van der Waals surface area (Å²) in [7, 11) is 0. The van der Waals surface area contributed by atoms with Gasteiger partial charge in [-0.1, -0.05) is 36.4 Å². The van der Waals surface area contributed by atoms with Crippen molar-refractivity contribution in [1.29, 1.82) is 0 Å². The SMILES string of the molecule is CC(C)(C)OC(=O)C[NH+]=C(c1ccccc1)c1ccccc1. The average molecular weight is 296 g/mol. The lowest BCUT2D eigenvalue weighted by Gasteiger charge is -2.17. The van der Waals surface area contributed by atoms with Crippen molar-refractivity contribution in [2.75, 3.05) is 6.54 Å². The second kappa shape index (κ2) is 7.03. The lowest BCUT2D eigenvalue weighted by atomic mass is 10.0. The Morgan fingerprint density at radius 3 is 1.77 bits per heavy atom. The van der Waals surface area contributed by atoms with Crippen LogP contribution in [0.1, 0.15) is 31.9 Å². The highest BCUT2D eigenvalue weighted by molar-refractivity contribution is 6.09. The standard InChI is InChI=1S/C19H21NO2/c1-19(2,3)22-17(21)14-20-18(15-10-6-4-7-11-15)16-12-8-5-9-13-16/h4-13H,14H2,1-3H3/p+1. The average Bonchev–Trinajstić information content (AvgIpc) is 2.48. The first kappa shape index (κ1) is 16.0. The zero-order chi connectivity index (χ0) is 16.0. The molecule has 2 aromatic rings. The van der Waals surface area contributed by atoms with Crippen LogP contribution in [0.4, 0.5) is 0 Å². The van der Waals surface area contributed by atoms with E-state index in [1.54, 1.807) is 0 Å². The van der Waals surface area contributed by atoms with E-state index in [1.807, 2.05) is 81.4 Å². The first-order valence-corrected chi connectivity index (χ1v) is 7.39. The van der Waals surface area contributed by atoms with E-state index in [4.69, 9.17) is 4.74 Å². The van der Waals surface area contributed by atoms with Gasteiger partial charge in [-0.3, -0.25) is 0 Å². The molecule has 0 aliphatic heterocycles. The van der Waals surface area contributed by atoms with E-state index < -0.39 is 5.60 Å².